The zero-order valence-electron chi connectivity index (χ0n) is 20.0. The second kappa shape index (κ2) is 12.3. The van der Waals surface area contributed by atoms with Gasteiger partial charge in [-0.05, 0) is 72.3 Å². The number of hydrogen-bond acceptors (Lipinski definition) is 6. The summed E-state index contributed by atoms with van der Waals surface area (Å²) in [5, 5.41) is 2.51. The number of imide groups is 1. The molecular weight excluding hydrogens is 554 g/mol. The van der Waals surface area contributed by atoms with Crippen LogP contribution in [-0.4, -0.2) is 35.2 Å². The highest BCUT2D eigenvalue weighted by atomic mass is 35.5. The van der Waals surface area contributed by atoms with Gasteiger partial charge in [-0.2, -0.15) is 0 Å². The highest BCUT2D eigenvalue weighted by Crippen LogP contribution is 2.39. The molecule has 0 saturated carbocycles. The number of benzene rings is 3. The molecule has 1 saturated heterocycles. The monoisotopic (exact) mass is 574 g/mol. The van der Waals surface area contributed by atoms with E-state index in [4.69, 9.17) is 32.7 Å². The second-order valence-corrected chi connectivity index (χ2v) is 9.78. The fourth-order valence-electron chi connectivity index (χ4n) is 3.54. The Morgan fingerprint density at radius 1 is 1.05 bits per heavy atom. The lowest BCUT2D eigenvalue weighted by atomic mass is 10.1. The van der Waals surface area contributed by atoms with Gasteiger partial charge in [0.25, 0.3) is 17.1 Å². The number of nitrogens with zero attached hydrogens (tertiary/aromatic N) is 1. The van der Waals surface area contributed by atoms with E-state index < -0.39 is 17.0 Å². The van der Waals surface area contributed by atoms with E-state index in [1.807, 2.05) is 6.07 Å². The number of amides is 3. The van der Waals surface area contributed by atoms with Crippen LogP contribution in [0.15, 0.2) is 65.6 Å². The van der Waals surface area contributed by atoms with E-state index in [0.717, 1.165) is 22.7 Å². The Hall–Kier alpha value is -3.53. The van der Waals surface area contributed by atoms with E-state index in [-0.39, 0.29) is 45.5 Å². The highest BCUT2D eigenvalue weighted by Gasteiger charge is 2.35. The minimum absolute atomic E-state index is 0.0934. The molecule has 0 spiro atoms. The molecule has 11 heteroatoms. The standard InChI is InChI=1S/C27H21Cl2FN2O5S/c1-2-36-22-11-16(10-21(29)25(22)37-15-24(33)31-19-6-4-3-5-7-19)12-23-26(34)32(27(35)38-23)14-17-8-9-18(30)13-20(17)28/h3-13H,2,14-15H2,1H3,(H,31,33)/b23-12-. The van der Waals surface area contributed by atoms with Crippen molar-refractivity contribution in [1.82, 2.24) is 4.90 Å². The molecule has 0 radical (unpaired) electrons. The molecule has 7 nitrogen and oxygen atoms in total. The molecule has 4 rings (SSSR count). The number of rotatable bonds is 9. The third-order valence-electron chi connectivity index (χ3n) is 5.25. The van der Waals surface area contributed by atoms with Crippen LogP contribution in [0.3, 0.4) is 0 Å². The molecule has 0 bridgehead atoms. The molecule has 0 atom stereocenters. The normalized spacial score (nSPS) is 14.2. The number of halogens is 3. The summed E-state index contributed by atoms with van der Waals surface area (Å²) in [6.07, 6.45) is 1.51. The number of nitrogens with one attached hydrogen (secondary N) is 1. The van der Waals surface area contributed by atoms with Crippen LogP contribution in [0.2, 0.25) is 10.0 Å². The quantitative estimate of drug-likeness (QED) is 0.283. The van der Waals surface area contributed by atoms with Crippen LogP contribution in [0.4, 0.5) is 14.9 Å². The molecule has 0 aromatic heterocycles. The first-order valence-electron chi connectivity index (χ1n) is 11.4. The van der Waals surface area contributed by atoms with E-state index in [2.05, 4.69) is 5.32 Å². The van der Waals surface area contributed by atoms with Crippen LogP contribution in [0.25, 0.3) is 6.08 Å². The van der Waals surface area contributed by atoms with Crippen LogP contribution < -0.4 is 14.8 Å². The van der Waals surface area contributed by atoms with Crippen molar-refractivity contribution in [2.45, 2.75) is 13.5 Å². The van der Waals surface area contributed by atoms with Crippen LogP contribution >= 0.6 is 35.0 Å². The predicted molar refractivity (Wildman–Crippen MR) is 146 cm³/mol. The van der Waals surface area contributed by atoms with Gasteiger partial charge in [-0.1, -0.05) is 47.5 Å². The fraction of sp³-hybridized carbons (Fsp3) is 0.148. The Morgan fingerprint density at radius 2 is 1.82 bits per heavy atom. The lowest BCUT2D eigenvalue weighted by Gasteiger charge is -2.15. The topological polar surface area (TPSA) is 84.9 Å². The Balaban J connectivity index is 1.50. The third kappa shape index (κ3) is 6.66. The zero-order chi connectivity index (χ0) is 27.2. The molecule has 1 fully saturated rings. The summed E-state index contributed by atoms with van der Waals surface area (Å²) in [6, 6.07) is 15.8. The van der Waals surface area contributed by atoms with E-state index in [0.29, 0.717) is 23.4 Å². The first-order chi connectivity index (χ1) is 18.2. The Labute approximate surface area is 232 Å². The van der Waals surface area contributed by atoms with Gasteiger partial charge < -0.3 is 14.8 Å². The van der Waals surface area contributed by atoms with Crippen LogP contribution in [0, 0.1) is 5.82 Å². The van der Waals surface area contributed by atoms with Crippen molar-refractivity contribution in [2.24, 2.45) is 0 Å². The lowest BCUT2D eigenvalue weighted by Crippen LogP contribution is -2.27. The minimum Gasteiger partial charge on any atom is -0.490 e. The second-order valence-electron chi connectivity index (χ2n) is 7.97. The largest absolute Gasteiger partial charge is 0.490 e. The number of ether oxygens (including phenoxy) is 2. The molecule has 3 aromatic carbocycles. The van der Waals surface area contributed by atoms with Crippen molar-refractivity contribution in [1.29, 1.82) is 0 Å². The van der Waals surface area contributed by atoms with Crippen molar-refractivity contribution in [3.05, 3.63) is 92.6 Å². The van der Waals surface area contributed by atoms with Crippen molar-refractivity contribution < 1.29 is 28.2 Å². The van der Waals surface area contributed by atoms with Gasteiger partial charge in [0.2, 0.25) is 0 Å². The van der Waals surface area contributed by atoms with E-state index in [1.165, 1.54) is 18.2 Å². The van der Waals surface area contributed by atoms with Gasteiger partial charge in [-0.3, -0.25) is 19.3 Å². The summed E-state index contributed by atoms with van der Waals surface area (Å²) in [4.78, 5) is 39.0. The maximum Gasteiger partial charge on any atom is 0.293 e. The van der Waals surface area contributed by atoms with Gasteiger partial charge in [0, 0.05) is 10.7 Å². The average Bonchev–Trinajstić information content (AvgIpc) is 3.13. The molecule has 0 unspecified atom stereocenters. The van der Waals surface area contributed by atoms with E-state index in [9.17, 15) is 18.8 Å². The molecule has 196 valence electrons. The van der Waals surface area contributed by atoms with E-state index in [1.54, 1.807) is 43.3 Å². The smallest absolute Gasteiger partial charge is 0.293 e. The summed E-state index contributed by atoms with van der Waals surface area (Å²) in [5.74, 6) is -0.968. The molecule has 1 N–H and O–H groups in total. The van der Waals surface area contributed by atoms with Crippen LogP contribution in [0.5, 0.6) is 11.5 Å². The van der Waals surface area contributed by atoms with Crippen LogP contribution in [0.1, 0.15) is 18.1 Å². The van der Waals surface area contributed by atoms with Gasteiger partial charge in [0.15, 0.2) is 18.1 Å². The summed E-state index contributed by atoms with van der Waals surface area (Å²) < 4.78 is 24.7. The molecule has 1 heterocycles. The summed E-state index contributed by atoms with van der Waals surface area (Å²) in [7, 11) is 0. The number of carbonyl (C=O) groups is 3. The minimum atomic E-state index is -0.521. The number of hydrogen-bond donors (Lipinski definition) is 1. The zero-order valence-corrected chi connectivity index (χ0v) is 22.3. The Kier molecular flexibility index (Phi) is 8.93. The van der Waals surface area contributed by atoms with Crippen molar-refractivity contribution in [2.75, 3.05) is 18.5 Å². The maximum absolute atomic E-state index is 13.3. The van der Waals surface area contributed by atoms with Crippen LogP contribution in [-0.2, 0) is 16.1 Å². The first-order valence-corrected chi connectivity index (χ1v) is 13.0. The first kappa shape index (κ1) is 27.5. The molecule has 1 aliphatic rings. The SMILES string of the molecule is CCOc1cc(/C=C2\SC(=O)N(Cc3ccc(F)cc3Cl)C2=O)cc(Cl)c1OCC(=O)Nc1ccccc1. The van der Waals surface area contributed by atoms with Crippen molar-refractivity contribution in [3.8, 4) is 11.5 Å². The van der Waals surface area contributed by atoms with Gasteiger partial charge in [-0.25, -0.2) is 4.39 Å². The number of carbonyl (C=O) groups excluding carboxylic acids is 3. The third-order valence-corrected chi connectivity index (χ3v) is 6.79. The maximum atomic E-state index is 13.3. The summed E-state index contributed by atoms with van der Waals surface area (Å²) in [6.45, 7) is 1.67. The summed E-state index contributed by atoms with van der Waals surface area (Å²) >= 11 is 13.3. The lowest BCUT2D eigenvalue weighted by molar-refractivity contribution is -0.123. The van der Waals surface area contributed by atoms with Gasteiger partial charge in [0.1, 0.15) is 5.82 Å². The molecule has 38 heavy (non-hydrogen) atoms. The Bertz CT molecular complexity index is 1420. The van der Waals surface area contributed by atoms with E-state index >= 15 is 0 Å². The molecular formula is C27H21Cl2FN2O5S. The van der Waals surface area contributed by atoms with Crippen molar-refractivity contribution in [3.63, 3.8) is 0 Å². The highest BCUT2D eigenvalue weighted by molar-refractivity contribution is 8.18. The summed E-state index contributed by atoms with van der Waals surface area (Å²) in [5.41, 5.74) is 1.56. The fourth-order valence-corrected chi connectivity index (χ4v) is 4.88. The van der Waals surface area contributed by atoms with Gasteiger partial charge >= 0.3 is 0 Å². The predicted octanol–water partition coefficient (Wildman–Crippen LogP) is 6.79. The molecule has 3 aromatic rings. The molecule has 0 aliphatic carbocycles. The molecule has 1 aliphatic heterocycles. The Morgan fingerprint density at radius 3 is 2.53 bits per heavy atom. The number of para-hydroxylation sites is 1. The van der Waals surface area contributed by atoms with Crippen molar-refractivity contribution >= 4 is 63.8 Å². The van der Waals surface area contributed by atoms with Gasteiger partial charge in [-0.15, -0.1) is 0 Å². The van der Waals surface area contributed by atoms with Gasteiger partial charge in [0.05, 0.1) is 23.1 Å². The average molecular weight is 575 g/mol. The number of anilines is 1. The molecule has 3 amide bonds. The number of thioether (sulfide) groups is 1.